The van der Waals surface area contributed by atoms with Crippen LogP contribution in [-0.2, 0) is 25.7 Å². The number of halogens is 8. The molecule has 0 unspecified atom stereocenters. The van der Waals surface area contributed by atoms with Gasteiger partial charge in [0.05, 0.1) is 4.90 Å². The smallest absolute Gasteiger partial charge is 0.269 e. The van der Waals surface area contributed by atoms with Crippen LogP contribution in [-0.4, -0.2) is 33.4 Å². The zero-order valence-electron chi connectivity index (χ0n) is 28.0. The summed E-state index contributed by atoms with van der Waals surface area (Å²) in [4.78, 5) is 12.5. The van der Waals surface area contributed by atoms with E-state index in [0.29, 0.717) is 23.6 Å². The van der Waals surface area contributed by atoms with Gasteiger partial charge in [0, 0.05) is 17.4 Å². The average molecular weight is 801 g/mol. The maximum Gasteiger partial charge on any atom is 0.269 e. The molecular weight excluding hydrogens is 777 g/mol. The number of hydrogen-bond donors (Lipinski definition) is 1. The quantitative estimate of drug-likeness (QED) is 0.0643. The van der Waals surface area contributed by atoms with Crippen molar-refractivity contribution in [2.45, 2.75) is 31.4 Å². The van der Waals surface area contributed by atoms with Gasteiger partial charge in [0.15, 0.2) is 44.7 Å². The van der Waals surface area contributed by atoms with Crippen LogP contribution in [0, 0.1) is 67.3 Å². The van der Waals surface area contributed by atoms with Crippen molar-refractivity contribution in [1.82, 2.24) is 0 Å². The summed E-state index contributed by atoms with van der Waals surface area (Å²) in [6.45, 7) is 3.63. The summed E-state index contributed by atoms with van der Waals surface area (Å²) < 4.78 is 185. The van der Waals surface area contributed by atoms with Crippen molar-refractivity contribution in [3.05, 3.63) is 135 Å². The lowest BCUT2D eigenvalue weighted by Gasteiger charge is -2.16. The Balaban J connectivity index is 1.43. The number of ketones is 1. The molecule has 0 spiro atoms. The van der Waals surface area contributed by atoms with E-state index in [1.165, 1.54) is 43.3 Å². The van der Waals surface area contributed by atoms with E-state index in [1.807, 2.05) is 0 Å². The lowest BCUT2D eigenvalue weighted by Crippen LogP contribution is -2.18. The minimum atomic E-state index is -4.59. The van der Waals surface area contributed by atoms with Crippen molar-refractivity contribution in [1.29, 1.82) is 0 Å². The molecule has 0 fully saturated rings. The van der Waals surface area contributed by atoms with Crippen LogP contribution in [0.2, 0.25) is 0 Å². The van der Waals surface area contributed by atoms with Gasteiger partial charge in [-0.25, -0.2) is 34.8 Å². The molecule has 1 N–H and O–H groups in total. The summed E-state index contributed by atoms with van der Waals surface area (Å²) in [7, 11) is -8.33. The molecule has 0 amide bonds. The molecule has 0 atom stereocenters. The van der Waals surface area contributed by atoms with E-state index in [9.17, 15) is 43.7 Å². The third kappa shape index (κ3) is 7.67. The van der Waals surface area contributed by atoms with E-state index in [1.54, 1.807) is 19.1 Å². The van der Waals surface area contributed by atoms with Crippen LogP contribution in [0.1, 0.15) is 38.2 Å². The predicted molar refractivity (Wildman–Crippen MR) is 177 cm³/mol. The molecule has 0 bridgehead atoms. The van der Waals surface area contributed by atoms with E-state index in [2.05, 4.69) is 0 Å². The van der Waals surface area contributed by atoms with Crippen LogP contribution in [0.5, 0.6) is 23.0 Å². The third-order valence-electron chi connectivity index (χ3n) is 8.07. The maximum atomic E-state index is 15.1. The van der Waals surface area contributed by atoms with Crippen molar-refractivity contribution < 1.29 is 70.8 Å². The molecule has 18 heteroatoms. The van der Waals surface area contributed by atoms with E-state index >= 15 is 17.6 Å². The van der Waals surface area contributed by atoms with Crippen molar-refractivity contribution in [3.8, 4) is 34.1 Å². The Morgan fingerprint density at radius 2 is 1.02 bits per heavy atom. The SMILES string of the molecule is Cc1cc(-c2ccc(Oc3c(F)c(F)c(C(=O)c4c(F)c(F)c(C)c(F)c4F)c(F)c3F)c(C)c2)ccc1Oc1ccc(S(C)(=O)=O)cc1CS(=O)(=O)O. The average Bonchev–Trinajstić information content (AvgIpc) is 3.08. The summed E-state index contributed by atoms with van der Waals surface area (Å²) in [5, 5.41) is 0. The molecule has 0 aromatic heterocycles. The number of hydrogen-bond acceptors (Lipinski definition) is 7. The molecule has 0 aliphatic carbocycles. The molecule has 5 rings (SSSR count). The first-order valence-corrected chi connectivity index (χ1v) is 18.6. The van der Waals surface area contributed by atoms with Gasteiger partial charge in [0.1, 0.15) is 34.1 Å². The van der Waals surface area contributed by atoms with Crippen LogP contribution < -0.4 is 9.47 Å². The van der Waals surface area contributed by atoms with Crippen molar-refractivity contribution in [3.63, 3.8) is 0 Å². The molecule has 0 saturated heterocycles. The van der Waals surface area contributed by atoms with E-state index in [4.69, 9.17) is 9.47 Å². The zero-order valence-corrected chi connectivity index (χ0v) is 29.7. The van der Waals surface area contributed by atoms with Gasteiger partial charge < -0.3 is 9.47 Å². The largest absolute Gasteiger partial charge is 0.457 e. The Labute approximate surface area is 302 Å². The molecule has 8 nitrogen and oxygen atoms in total. The number of carbonyl (C=O) groups is 1. The Morgan fingerprint density at radius 1 is 0.593 bits per heavy atom. The van der Waals surface area contributed by atoms with Crippen molar-refractivity contribution >= 4 is 25.7 Å². The lowest BCUT2D eigenvalue weighted by molar-refractivity contribution is 0.101. The fraction of sp³-hybridized carbons (Fsp3) is 0.139. The molecule has 5 aromatic carbocycles. The summed E-state index contributed by atoms with van der Waals surface area (Å²) in [6.07, 6.45) is 0.914. The summed E-state index contributed by atoms with van der Waals surface area (Å²) in [5.74, 6) is -23.6. The molecule has 284 valence electrons. The van der Waals surface area contributed by atoms with Gasteiger partial charge in [-0.15, -0.1) is 0 Å². The van der Waals surface area contributed by atoms with Gasteiger partial charge in [0.25, 0.3) is 10.1 Å². The number of benzene rings is 5. The molecule has 0 heterocycles. The first kappa shape index (κ1) is 39.9. The molecule has 54 heavy (non-hydrogen) atoms. The Hall–Kier alpha value is -5.33. The number of rotatable bonds is 10. The standard InChI is InChI=1S/C36H24F8O8S2/c1-15-11-18(5-8-22(15)51-24-10-7-21(53(4,46)47)13-20(24)14-54(48,49)50)19-6-9-23(16(2)12-19)52-36-33(43)31(41)26(32(42)34(36)44)35(45)25-29(39)27(37)17(3)28(38)30(25)40/h5-13H,14H2,1-4H3,(H,48,49,50). The summed E-state index contributed by atoms with van der Waals surface area (Å²) in [5.41, 5.74) is -3.99. The zero-order chi connectivity index (χ0) is 40.2. The lowest BCUT2D eigenvalue weighted by atomic mass is 9.98. The van der Waals surface area contributed by atoms with Crippen LogP contribution in [0.25, 0.3) is 11.1 Å². The van der Waals surface area contributed by atoms with Crippen LogP contribution in [0.15, 0.2) is 59.5 Å². The fourth-order valence-electron chi connectivity index (χ4n) is 5.28. The highest BCUT2D eigenvalue weighted by Gasteiger charge is 2.36. The first-order valence-electron chi connectivity index (χ1n) is 15.1. The second kappa shape index (κ2) is 14.5. The van der Waals surface area contributed by atoms with Crippen molar-refractivity contribution in [2.75, 3.05) is 6.26 Å². The van der Waals surface area contributed by atoms with Crippen LogP contribution >= 0.6 is 0 Å². The van der Waals surface area contributed by atoms with E-state index in [0.717, 1.165) is 12.3 Å². The summed E-state index contributed by atoms with van der Waals surface area (Å²) in [6, 6.07) is 12.2. The topological polar surface area (TPSA) is 124 Å². The molecule has 0 radical (unpaired) electrons. The van der Waals surface area contributed by atoms with Crippen LogP contribution in [0.3, 0.4) is 0 Å². The minimum absolute atomic E-state index is 0.0600. The Kier molecular flexibility index (Phi) is 10.7. The predicted octanol–water partition coefficient (Wildman–Crippen LogP) is 9.00. The maximum absolute atomic E-state index is 15.1. The van der Waals surface area contributed by atoms with E-state index in [-0.39, 0.29) is 33.3 Å². The monoisotopic (exact) mass is 800 g/mol. The van der Waals surface area contributed by atoms with Gasteiger partial charge in [0.2, 0.25) is 23.2 Å². The fourth-order valence-corrected chi connectivity index (χ4v) is 6.57. The van der Waals surface area contributed by atoms with E-state index < -0.39 is 100 Å². The molecule has 0 saturated carbocycles. The molecule has 5 aromatic rings. The normalized spacial score (nSPS) is 11.9. The number of aryl methyl sites for hydroxylation is 2. The summed E-state index contributed by atoms with van der Waals surface area (Å²) >= 11 is 0. The number of ether oxygens (including phenoxy) is 2. The first-order chi connectivity index (χ1) is 25.0. The van der Waals surface area contributed by atoms with Crippen molar-refractivity contribution in [2.24, 2.45) is 0 Å². The highest BCUT2D eigenvalue weighted by molar-refractivity contribution is 7.90. The van der Waals surface area contributed by atoms with Gasteiger partial charge in [-0.2, -0.15) is 17.2 Å². The third-order valence-corrected chi connectivity index (χ3v) is 9.86. The molecular formula is C36H24F8O8S2. The van der Waals surface area contributed by atoms with Crippen LogP contribution in [0.4, 0.5) is 35.1 Å². The van der Waals surface area contributed by atoms with Gasteiger partial charge in [-0.1, -0.05) is 12.1 Å². The Bertz CT molecular complexity index is 2570. The molecule has 0 aliphatic heterocycles. The van der Waals surface area contributed by atoms with Gasteiger partial charge in [-0.05, 0) is 85.5 Å². The highest BCUT2D eigenvalue weighted by atomic mass is 32.2. The Morgan fingerprint density at radius 3 is 1.44 bits per heavy atom. The minimum Gasteiger partial charge on any atom is -0.457 e. The second-order valence-electron chi connectivity index (χ2n) is 12.0. The number of carbonyl (C=O) groups excluding carboxylic acids is 1. The molecule has 0 aliphatic rings. The highest BCUT2D eigenvalue weighted by Crippen LogP contribution is 2.39. The van der Waals surface area contributed by atoms with Gasteiger partial charge >= 0.3 is 0 Å². The second-order valence-corrected chi connectivity index (χ2v) is 15.4. The van der Waals surface area contributed by atoms with Gasteiger partial charge in [-0.3, -0.25) is 9.35 Å². The number of sulfone groups is 1.